The average Bonchev–Trinajstić information content (AvgIpc) is 2.78. The molecule has 2 heterocycles. The molecular weight excluding hydrogens is 312 g/mol. The van der Waals surface area contributed by atoms with Crippen molar-refractivity contribution in [3.63, 3.8) is 0 Å². The number of carbonyl (C=O) groups is 1. The molecule has 0 bridgehead atoms. The molecule has 0 spiro atoms. The summed E-state index contributed by atoms with van der Waals surface area (Å²) >= 11 is 5.02. The maximum Gasteiger partial charge on any atom is 0.142 e. The number of hydrogen-bond donors (Lipinski definition) is 0. The maximum absolute atomic E-state index is 12.1. The molecule has 0 N–H and O–H groups in total. The Labute approximate surface area is 119 Å². The molecule has 0 atom stereocenters. The van der Waals surface area contributed by atoms with Crippen molar-refractivity contribution in [2.24, 2.45) is 7.05 Å². The van der Waals surface area contributed by atoms with Crippen LogP contribution >= 0.6 is 27.3 Å². The lowest BCUT2D eigenvalue weighted by molar-refractivity contribution is -0.117. The molecule has 0 unspecified atom stereocenters. The van der Waals surface area contributed by atoms with Gasteiger partial charge in [0.1, 0.15) is 5.78 Å². The Morgan fingerprint density at radius 1 is 1.39 bits per heavy atom. The van der Waals surface area contributed by atoms with Crippen LogP contribution < -0.4 is 0 Å². The number of carbonyl (C=O) groups excluding carboxylic acids is 1. The highest BCUT2D eigenvalue weighted by atomic mass is 79.9. The maximum atomic E-state index is 12.1. The van der Waals surface area contributed by atoms with Crippen LogP contribution in [0.15, 0.2) is 15.9 Å². The second-order valence-electron chi connectivity index (χ2n) is 4.37. The first-order valence-corrected chi connectivity index (χ1v) is 7.33. The molecule has 0 saturated carbocycles. The molecule has 0 fully saturated rings. The third-order valence-electron chi connectivity index (χ3n) is 3.03. The Kier molecular flexibility index (Phi) is 4.02. The first-order chi connectivity index (χ1) is 8.47. The second kappa shape index (κ2) is 5.36. The first-order valence-electron chi connectivity index (χ1n) is 5.72. The molecule has 0 saturated heterocycles. The fourth-order valence-corrected chi connectivity index (χ4v) is 3.49. The van der Waals surface area contributed by atoms with Crippen LogP contribution in [-0.4, -0.2) is 15.6 Å². The van der Waals surface area contributed by atoms with Crippen LogP contribution in [0.25, 0.3) is 0 Å². The number of Topliss-reactive ketones (excluding diaryl/α,β-unsaturated/α-hetero) is 1. The predicted molar refractivity (Wildman–Crippen MR) is 77.1 cm³/mol. The average molecular weight is 327 g/mol. The molecule has 0 aliphatic heterocycles. The number of nitrogens with zero attached hydrogens (tertiary/aromatic N) is 2. The number of thiophene rings is 1. The van der Waals surface area contributed by atoms with Gasteiger partial charge in [0, 0.05) is 36.0 Å². The molecule has 5 heteroatoms. The van der Waals surface area contributed by atoms with Crippen molar-refractivity contribution in [2.75, 3.05) is 0 Å². The summed E-state index contributed by atoms with van der Waals surface area (Å²) in [5, 5.41) is 4.33. The molecule has 0 amide bonds. The van der Waals surface area contributed by atoms with Gasteiger partial charge in [-0.25, -0.2) is 0 Å². The van der Waals surface area contributed by atoms with Gasteiger partial charge in [-0.15, -0.1) is 11.3 Å². The van der Waals surface area contributed by atoms with Crippen molar-refractivity contribution in [1.82, 2.24) is 9.78 Å². The van der Waals surface area contributed by atoms with Crippen LogP contribution in [0, 0.1) is 13.8 Å². The van der Waals surface area contributed by atoms with Gasteiger partial charge in [-0.2, -0.15) is 5.10 Å². The molecule has 18 heavy (non-hydrogen) atoms. The summed E-state index contributed by atoms with van der Waals surface area (Å²) in [4.78, 5) is 13.2. The quantitative estimate of drug-likeness (QED) is 0.864. The van der Waals surface area contributed by atoms with E-state index in [0.717, 1.165) is 25.6 Å². The highest BCUT2D eigenvalue weighted by Gasteiger charge is 2.14. The van der Waals surface area contributed by atoms with E-state index in [2.05, 4.69) is 21.0 Å². The van der Waals surface area contributed by atoms with Crippen molar-refractivity contribution < 1.29 is 4.79 Å². The van der Waals surface area contributed by atoms with Crippen LogP contribution in [0.4, 0.5) is 0 Å². The Morgan fingerprint density at radius 2 is 2.11 bits per heavy atom. The molecule has 2 rings (SSSR count). The monoisotopic (exact) mass is 326 g/mol. The molecule has 3 nitrogen and oxygen atoms in total. The highest BCUT2D eigenvalue weighted by Crippen LogP contribution is 2.23. The summed E-state index contributed by atoms with van der Waals surface area (Å²) in [6.45, 7) is 3.96. The van der Waals surface area contributed by atoms with Crippen LogP contribution in [0.1, 0.15) is 21.8 Å². The number of halogens is 1. The SMILES string of the molecule is Cc1nn(C)c(C)c1CC(=O)Cc1ccc(Br)s1. The Balaban J connectivity index is 2.07. The summed E-state index contributed by atoms with van der Waals surface area (Å²) < 4.78 is 2.90. The van der Waals surface area contributed by atoms with E-state index in [1.807, 2.05) is 37.7 Å². The fraction of sp³-hybridized carbons (Fsp3) is 0.385. The van der Waals surface area contributed by atoms with Gasteiger partial charge in [-0.05, 0) is 41.9 Å². The van der Waals surface area contributed by atoms with Crippen LogP contribution in [-0.2, 0) is 24.7 Å². The van der Waals surface area contributed by atoms with Gasteiger partial charge in [0.2, 0.25) is 0 Å². The smallest absolute Gasteiger partial charge is 0.142 e. The van der Waals surface area contributed by atoms with Gasteiger partial charge in [0.25, 0.3) is 0 Å². The van der Waals surface area contributed by atoms with E-state index in [-0.39, 0.29) is 5.78 Å². The van der Waals surface area contributed by atoms with Gasteiger partial charge in [0.15, 0.2) is 0 Å². The normalized spacial score (nSPS) is 10.9. The van der Waals surface area contributed by atoms with Gasteiger partial charge in [-0.1, -0.05) is 0 Å². The van der Waals surface area contributed by atoms with E-state index >= 15 is 0 Å². The van der Waals surface area contributed by atoms with E-state index in [4.69, 9.17) is 0 Å². The van der Waals surface area contributed by atoms with E-state index in [1.54, 1.807) is 11.3 Å². The number of aryl methyl sites for hydroxylation is 2. The minimum Gasteiger partial charge on any atom is -0.299 e. The van der Waals surface area contributed by atoms with Gasteiger partial charge >= 0.3 is 0 Å². The van der Waals surface area contributed by atoms with Crippen molar-refractivity contribution in [1.29, 1.82) is 0 Å². The fourth-order valence-electron chi connectivity index (χ4n) is 1.97. The molecule has 2 aromatic rings. The topological polar surface area (TPSA) is 34.9 Å². The predicted octanol–water partition coefficient (Wildman–Crippen LogP) is 3.22. The van der Waals surface area contributed by atoms with Crippen molar-refractivity contribution in [3.05, 3.63) is 37.7 Å². The molecule has 0 aliphatic rings. The van der Waals surface area contributed by atoms with E-state index in [9.17, 15) is 4.79 Å². The largest absolute Gasteiger partial charge is 0.299 e. The Hall–Kier alpha value is -0.940. The van der Waals surface area contributed by atoms with E-state index in [0.29, 0.717) is 12.8 Å². The van der Waals surface area contributed by atoms with Gasteiger partial charge < -0.3 is 0 Å². The minimum atomic E-state index is 0.239. The third kappa shape index (κ3) is 2.90. The lowest BCUT2D eigenvalue weighted by Crippen LogP contribution is -2.07. The summed E-state index contributed by atoms with van der Waals surface area (Å²) in [6.07, 6.45) is 0.977. The highest BCUT2D eigenvalue weighted by molar-refractivity contribution is 9.11. The molecule has 96 valence electrons. The summed E-state index contributed by atoms with van der Waals surface area (Å²) in [5.74, 6) is 0.239. The zero-order valence-electron chi connectivity index (χ0n) is 10.7. The summed E-state index contributed by atoms with van der Waals surface area (Å²) in [5.41, 5.74) is 3.10. The number of hydrogen-bond acceptors (Lipinski definition) is 3. The lowest BCUT2D eigenvalue weighted by atomic mass is 10.0. The standard InChI is InChI=1S/C13H15BrN2OS/c1-8-12(9(2)16(3)15-8)7-10(17)6-11-4-5-13(14)18-11/h4-5H,6-7H2,1-3H3. The lowest BCUT2D eigenvalue weighted by Gasteiger charge is -2.01. The third-order valence-corrected chi connectivity index (χ3v) is 4.66. The van der Waals surface area contributed by atoms with Gasteiger partial charge in [0.05, 0.1) is 9.48 Å². The summed E-state index contributed by atoms with van der Waals surface area (Å²) in [7, 11) is 1.91. The Morgan fingerprint density at radius 3 is 2.61 bits per heavy atom. The van der Waals surface area contributed by atoms with Crippen LogP contribution in [0.3, 0.4) is 0 Å². The molecule has 0 aliphatic carbocycles. The molecule has 0 aromatic carbocycles. The number of ketones is 1. The van der Waals surface area contributed by atoms with Crippen LogP contribution in [0.5, 0.6) is 0 Å². The van der Waals surface area contributed by atoms with Crippen LogP contribution in [0.2, 0.25) is 0 Å². The van der Waals surface area contributed by atoms with Crippen molar-refractivity contribution in [2.45, 2.75) is 26.7 Å². The molecular formula is C13H15BrN2OS. The van der Waals surface area contributed by atoms with E-state index < -0.39 is 0 Å². The zero-order chi connectivity index (χ0) is 13.3. The van der Waals surface area contributed by atoms with Crippen molar-refractivity contribution >= 4 is 33.0 Å². The number of aromatic nitrogens is 2. The second-order valence-corrected chi connectivity index (χ2v) is 6.92. The zero-order valence-corrected chi connectivity index (χ0v) is 13.1. The van der Waals surface area contributed by atoms with Gasteiger partial charge in [-0.3, -0.25) is 9.48 Å². The Bertz CT molecular complexity index is 586. The van der Waals surface area contributed by atoms with Crippen molar-refractivity contribution in [3.8, 4) is 0 Å². The molecule has 0 radical (unpaired) electrons. The summed E-state index contributed by atoms with van der Waals surface area (Å²) in [6, 6.07) is 3.98. The molecule has 2 aromatic heterocycles. The van der Waals surface area contributed by atoms with E-state index in [1.165, 1.54) is 0 Å². The minimum absolute atomic E-state index is 0.239. The first kappa shape index (κ1) is 13.5. The number of rotatable bonds is 4.